The Hall–Kier alpha value is -1.85. The van der Waals surface area contributed by atoms with Crippen LogP contribution in [-0.4, -0.2) is 25.4 Å². The Bertz CT molecular complexity index is 603. The molecule has 0 aliphatic heterocycles. The Morgan fingerprint density at radius 2 is 1.82 bits per heavy atom. The van der Waals surface area contributed by atoms with Gasteiger partial charge >= 0.3 is 6.03 Å². The smallest absolute Gasteiger partial charge is 0.319 e. The van der Waals surface area contributed by atoms with Gasteiger partial charge in [-0.2, -0.15) is 0 Å². The number of anilines is 1. The van der Waals surface area contributed by atoms with Gasteiger partial charge in [0.05, 0.1) is 7.11 Å². The Morgan fingerprint density at radius 3 is 2.45 bits per heavy atom. The minimum Gasteiger partial charge on any atom is -0.497 e. The lowest BCUT2D eigenvalue weighted by Gasteiger charge is -2.08. The highest BCUT2D eigenvalue weighted by Crippen LogP contribution is 2.19. The number of rotatable bonds is 6. The number of benzene rings is 2. The van der Waals surface area contributed by atoms with Crippen LogP contribution in [0, 0.1) is 0 Å². The number of urea groups is 1. The summed E-state index contributed by atoms with van der Waals surface area (Å²) in [6.45, 7) is 0.579. The zero-order valence-electron chi connectivity index (χ0n) is 12.1. The molecular formula is C16H17ClN2O2S. The first-order valence-electron chi connectivity index (χ1n) is 6.74. The van der Waals surface area contributed by atoms with E-state index >= 15 is 0 Å². The second-order valence-corrected chi connectivity index (χ2v) is 6.02. The largest absolute Gasteiger partial charge is 0.497 e. The first-order chi connectivity index (χ1) is 10.7. The molecule has 0 aliphatic carbocycles. The van der Waals surface area contributed by atoms with Crippen molar-refractivity contribution in [1.29, 1.82) is 0 Å². The van der Waals surface area contributed by atoms with Crippen LogP contribution in [0.5, 0.6) is 5.75 Å². The van der Waals surface area contributed by atoms with Gasteiger partial charge in [0.25, 0.3) is 0 Å². The quantitative estimate of drug-likeness (QED) is 0.612. The summed E-state index contributed by atoms with van der Waals surface area (Å²) in [6.07, 6.45) is 0. The molecule has 2 N–H and O–H groups in total. The summed E-state index contributed by atoms with van der Waals surface area (Å²) >= 11 is 7.49. The molecule has 2 amide bonds. The van der Waals surface area contributed by atoms with Crippen molar-refractivity contribution in [1.82, 2.24) is 5.32 Å². The predicted octanol–water partition coefficient (Wildman–Crippen LogP) is 4.26. The third-order valence-electron chi connectivity index (χ3n) is 2.82. The lowest BCUT2D eigenvalue weighted by atomic mass is 10.3. The van der Waals surface area contributed by atoms with Crippen LogP contribution in [0.4, 0.5) is 10.5 Å². The molecule has 6 heteroatoms. The average molecular weight is 337 g/mol. The molecule has 0 atom stereocenters. The van der Waals surface area contributed by atoms with Gasteiger partial charge < -0.3 is 15.4 Å². The Kier molecular flexibility index (Phi) is 6.43. The van der Waals surface area contributed by atoms with E-state index in [4.69, 9.17) is 16.3 Å². The van der Waals surface area contributed by atoms with Gasteiger partial charge in [0, 0.05) is 27.9 Å². The first-order valence-corrected chi connectivity index (χ1v) is 8.11. The van der Waals surface area contributed by atoms with E-state index in [-0.39, 0.29) is 6.03 Å². The van der Waals surface area contributed by atoms with E-state index in [0.717, 1.165) is 27.1 Å². The van der Waals surface area contributed by atoms with Gasteiger partial charge in [-0.3, -0.25) is 0 Å². The van der Waals surface area contributed by atoms with Crippen molar-refractivity contribution >= 4 is 35.1 Å². The molecule has 22 heavy (non-hydrogen) atoms. The van der Waals surface area contributed by atoms with Gasteiger partial charge in [-0.1, -0.05) is 11.6 Å². The van der Waals surface area contributed by atoms with Gasteiger partial charge in [-0.25, -0.2) is 4.79 Å². The van der Waals surface area contributed by atoms with Crippen LogP contribution >= 0.6 is 23.4 Å². The van der Waals surface area contributed by atoms with E-state index in [1.165, 1.54) is 0 Å². The number of nitrogens with one attached hydrogen (secondary N) is 2. The topological polar surface area (TPSA) is 50.4 Å². The number of halogens is 1. The summed E-state index contributed by atoms with van der Waals surface area (Å²) in [5.41, 5.74) is 0.726. The molecule has 0 radical (unpaired) electrons. The molecule has 0 aliphatic rings. The molecule has 0 bridgehead atoms. The molecule has 0 aromatic heterocycles. The molecular weight excluding hydrogens is 320 g/mol. The number of thioether (sulfide) groups is 1. The zero-order chi connectivity index (χ0) is 15.8. The Morgan fingerprint density at radius 1 is 1.14 bits per heavy atom. The highest BCUT2D eigenvalue weighted by molar-refractivity contribution is 7.99. The summed E-state index contributed by atoms with van der Waals surface area (Å²) in [7, 11) is 1.60. The summed E-state index contributed by atoms with van der Waals surface area (Å²) in [5, 5.41) is 6.30. The molecule has 4 nitrogen and oxygen atoms in total. The van der Waals surface area contributed by atoms with Gasteiger partial charge in [0.15, 0.2) is 0 Å². The molecule has 2 rings (SSSR count). The average Bonchev–Trinajstić information content (AvgIpc) is 2.54. The monoisotopic (exact) mass is 336 g/mol. The standard InChI is InChI=1S/C16H17ClN2O2S/c1-21-14-6-4-13(5-7-14)19-16(20)18-10-11-22-15-8-2-12(17)3-9-15/h2-9H,10-11H2,1H3,(H2,18,19,20). The fourth-order valence-electron chi connectivity index (χ4n) is 1.71. The number of amides is 2. The van der Waals surface area contributed by atoms with Crippen molar-refractivity contribution in [3.05, 3.63) is 53.6 Å². The Labute approximate surface area is 139 Å². The number of ether oxygens (including phenoxy) is 1. The number of hydrogen-bond acceptors (Lipinski definition) is 3. The maximum atomic E-state index is 11.7. The minimum absolute atomic E-state index is 0.220. The SMILES string of the molecule is COc1ccc(NC(=O)NCCSc2ccc(Cl)cc2)cc1. The van der Waals surface area contributed by atoms with Crippen molar-refractivity contribution in [2.75, 3.05) is 24.7 Å². The van der Waals surface area contributed by atoms with E-state index < -0.39 is 0 Å². The van der Waals surface area contributed by atoms with Crippen molar-refractivity contribution < 1.29 is 9.53 Å². The van der Waals surface area contributed by atoms with Crippen LogP contribution in [-0.2, 0) is 0 Å². The molecule has 0 spiro atoms. The number of methoxy groups -OCH3 is 1. The molecule has 0 saturated carbocycles. The van der Waals surface area contributed by atoms with Crippen molar-refractivity contribution in [3.63, 3.8) is 0 Å². The van der Waals surface area contributed by atoms with E-state index in [9.17, 15) is 4.79 Å². The van der Waals surface area contributed by atoms with E-state index in [0.29, 0.717) is 6.54 Å². The van der Waals surface area contributed by atoms with Crippen LogP contribution < -0.4 is 15.4 Å². The lowest BCUT2D eigenvalue weighted by molar-refractivity contribution is 0.252. The van der Waals surface area contributed by atoms with Crippen LogP contribution in [0.15, 0.2) is 53.4 Å². The number of carbonyl (C=O) groups is 1. The third-order valence-corrected chi connectivity index (χ3v) is 4.08. The highest BCUT2D eigenvalue weighted by atomic mass is 35.5. The van der Waals surface area contributed by atoms with Crippen LogP contribution in [0.25, 0.3) is 0 Å². The fourth-order valence-corrected chi connectivity index (χ4v) is 2.61. The van der Waals surface area contributed by atoms with E-state index in [2.05, 4.69) is 10.6 Å². The van der Waals surface area contributed by atoms with Crippen molar-refractivity contribution in [3.8, 4) is 5.75 Å². The number of hydrogen-bond donors (Lipinski definition) is 2. The molecule has 2 aromatic carbocycles. The van der Waals surface area contributed by atoms with Crippen molar-refractivity contribution in [2.45, 2.75) is 4.90 Å². The van der Waals surface area contributed by atoms with E-state index in [1.807, 2.05) is 24.3 Å². The third kappa shape index (κ3) is 5.50. The second kappa shape index (κ2) is 8.56. The van der Waals surface area contributed by atoms with Crippen LogP contribution in [0.3, 0.4) is 0 Å². The summed E-state index contributed by atoms with van der Waals surface area (Å²) in [6, 6.07) is 14.6. The summed E-state index contributed by atoms with van der Waals surface area (Å²) < 4.78 is 5.06. The normalized spacial score (nSPS) is 10.1. The lowest BCUT2D eigenvalue weighted by Crippen LogP contribution is -2.30. The number of carbonyl (C=O) groups excluding carboxylic acids is 1. The van der Waals surface area contributed by atoms with Gasteiger partial charge in [-0.05, 0) is 48.5 Å². The van der Waals surface area contributed by atoms with Gasteiger partial charge in [0.1, 0.15) is 5.75 Å². The van der Waals surface area contributed by atoms with Crippen LogP contribution in [0.1, 0.15) is 0 Å². The molecule has 0 heterocycles. The van der Waals surface area contributed by atoms with Crippen molar-refractivity contribution in [2.24, 2.45) is 0 Å². The highest BCUT2D eigenvalue weighted by Gasteiger charge is 2.01. The molecule has 0 saturated heterocycles. The van der Waals surface area contributed by atoms with Gasteiger partial charge in [0.2, 0.25) is 0 Å². The first kappa shape index (κ1) is 16.5. The second-order valence-electron chi connectivity index (χ2n) is 4.41. The molecule has 0 unspecified atom stereocenters. The Balaban J connectivity index is 1.67. The summed E-state index contributed by atoms with van der Waals surface area (Å²) in [4.78, 5) is 12.9. The van der Waals surface area contributed by atoms with Crippen LogP contribution in [0.2, 0.25) is 5.02 Å². The molecule has 2 aromatic rings. The zero-order valence-corrected chi connectivity index (χ0v) is 13.7. The predicted molar refractivity (Wildman–Crippen MR) is 92.2 cm³/mol. The molecule has 116 valence electrons. The van der Waals surface area contributed by atoms with E-state index in [1.54, 1.807) is 43.1 Å². The maximum absolute atomic E-state index is 11.7. The molecule has 0 fully saturated rings. The summed E-state index contributed by atoms with van der Waals surface area (Å²) in [5.74, 6) is 1.54. The van der Waals surface area contributed by atoms with Gasteiger partial charge in [-0.15, -0.1) is 11.8 Å². The fraction of sp³-hybridized carbons (Fsp3) is 0.188. The maximum Gasteiger partial charge on any atom is 0.319 e. The minimum atomic E-state index is -0.220.